The van der Waals surface area contributed by atoms with E-state index in [1.165, 1.54) is 0 Å². The molecule has 0 fully saturated rings. The number of benzene rings is 1. The molecule has 0 bridgehead atoms. The number of rotatable bonds is 4. The van der Waals surface area contributed by atoms with Crippen LogP contribution in [0.15, 0.2) is 27.1 Å². The molecule has 0 spiro atoms. The zero-order valence-corrected chi connectivity index (χ0v) is 12.1. The van der Waals surface area contributed by atoms with Gasteiger partial charge in [0.15, 0.2) is 5.78 Å². The number of ketones is 1. The highest BCUT2D eigenvalue weighted by molar-refractivity contribution is 9.11. The fourth-order valence-electron chi connectivity index (χ4n) is 1.52. The van der Waals surface area contributed by atoms with Crippen molar-refractivity contribution < 1.29 is 4.79 Å². The highest BCUT2D eigenvalue weighted by atomic mass is 79.9. The van der Waals surface area contributed by atoms with Crippen LogP contribution in [0.4, 0.5) is 0 Å². The molecular weight excluding hydrogens is 320 g/mol. The van der Waals surface area contributed by atoms with Crippen LogP contribution in [0.2, 0.25) is 0 Å². The monoisotopic (exact) mass is 332 g/mol. The van der Waals surface area contributed by atoms with E-state index in [1.54, 1.807) is 0 Å². The van der Waals surface area contributed by atoms with Crippen molar-refractivity contribution in [3.05, 3.63) is 32.7 Å². The van der Waals surface area contributed by atoms with Crippen LogP contribution >= 0.6 is 31.9 Å². The molecule has 15 heavy (non-hydrogen) atoms. The lowest BCUT2D eigenvalue weighted by atomic mass is 9.95. The molecule has 0 saturated carbocycles. The lowest BCUT2D eigenvalue weighted by Gasteiger charge is -2.10. The molecule has 0 aliphatic carbocycles. The van der Waals surface area contributed by atoms with Gasteiger partial charge in [0.05, 0.1) is 0 Å². The number of carbonyl (C=O) groups is 1. The standard InChI is InChI=1S/C12H14Br2O/c1-3-4-8(2)12(15)10-7-9(13)5-6-11(10)14/h5-8H,3-4H2,1-2H3. The van der Waals surface area contributed by atoms with Crippen LogP contribution in [-0.4, -0.2) is 5.78 Å². The van der Waals surface area contributed by atoms with Crippen molar-refractivity contribution in [3.63, 3.8) is 0 Å². The van der Waals surface area contributed by atoms with Crippen LogP contribution in [0.3, 0.4) is 0 Å². The van der Waals surface area contributed by atoms with E-state index in [4.69, 9.17) is 0 Å². The first-order valence-electron chi connectivity index (χ1n) is 5.05. The van der Waals surface area contributed by atoms with Crippen LogP contribution in [0.1, 0.15) is 37.0 Å². The molecule has 82 valence electrons. The summed E-state index contributed by atoms with van der Waals surface area (Å²) in [6.07, 6.45) is 1.98. The van der Waals surface area contributed by atoms with Gasteiger partial charge in [-0.1, -0.05) is 52.1 Å². The first kappa shape index (κ1) is 12.9. The Morgan fingerprint density at radius 1 is 1.40 bits per heavy atom. The van der Waals surface area contributed by atoms with E-state index in [1.807, 2.05) is 25.1 Å². The Labute approximate surface area is 108 Å². The zero-order chi connectivity index (χ0) is 11.4. The fraction of sp³-hybridized carbons (Fsp3) is 0.417. The molecular formula is C12H14Br2O. The van der Waals surface area contributed by atoms with E-state index in [2.05, 4.69) is 38.8 Å². The molecule has 1 nitrogen and oxygen atoms in total. The molecule has 0 N–H and O–H groups in total. The second-order valence-corrected chi connectivity index (χ2v) is 5.45. The van der Waals surface area contributed by atoms with Gasteiger partial charge in [0, 0.05) is 20.4 Å². The summed E-state index contributed by atoms with van der Waals surface area (Å²) in [7, 11) is 0. The lowest BCUT2D eigenvalue weighted by Crippen LogP contribution is -2.11. The van der Waals surface area contributed by atoms with Crippen molar-refractivity contribution in [1.29, 1.82) is 0 Å². The van der Waals surface area contributed by atoms with Crippen LogP contribution < -0.4 is 0 Å². The largest absolute Gasteiger partial charge is 0.294 e. The molecule has 0 heterocycles. The minimum absolute atomic E-state index is 0.0978. The Morgan fingerprint density at radius 2 is 2.07 bits per heavy atom. The quantitative estimate of drug-likeness (QED) is 0.721. The van der Waals surface area contributed by atoms with Gasteiger partial charge in [0.2, 0.25) is 0 Å². The molecule has 0 amide bonds. The summed E-state index contributed by atoms with van der Waals surface area (Å²) in [5, 5.41) is 0. The summed E-state index contributed by atoms with van der Waals surface area (Å²) in [5.74, 6) is 0.311. The van der Waals surface area contributed by atoms with Crippen molar-refractivity contribution in [1.82, 2.24) is 0 Å². The molecule has 0 aliphatic heterocycles. The van der Waals surface area contributed by atoms with Crippen LogP contribution in [0.5, 0.6) is 0 Å². The first-order chi connectivity index (χ1) is 7.06. The van der Waals surface area contributed by atoms with Crippen molar-refractivity contribution in [2.45, 2.75) is 26.7 Å². The van der Waals surface area contributed by atoms with Gasteiger partial charge in [-0.05, 0) is 24.6 Å². The van der Waals surface area contributed by atoms with Gasteiger partial charge in [-0.15, -0.1) is 0 Å². The number of Topliss-reactive ketones (excluding diaryl/α,β-unsaturated/α-hetero) is 1. The maximum Gasteiger partial charge on any atom is 0.166 e. The molecule has 1 atom stereocenters. The Balaban J connectivity index is 2.95. The maximum atomic E-state index is 12.1. The van der Waals surface area contributed by atoms with Crippen LogP contribution in [0, 0.1) is 5.92 Å². The number of carbonyl (C=O) groups excluding carboxylic acids is 1. The van der Waals surface area contributed by atoms with Gasteiger partial charge in [-0.2, -0.15) is 0 Å². The summed E-state index contributed by atoms with van der Waals surface area (Å²) in [4.78, 5) is 12.1. The maximum absolute atomic E-state index is 12.1. The third-order valence-corrected chi connectivity index (χ3v) is 3.55. The van der Waals surface area contributed by atoms with E-state index < -0.39 is 0 Å². The first-order valence-corrected chi connectivity index (χ1v) is 6.64. The van der Waals surface area contributed by atoms with Crippen molar-refractivity contribution in [2.75, 3.05) is 0 Å². The summed E-state index contributed by atoms with van der Waals surface area (Å²) < 4.78 is 1.82. The Bertz CT molecular complexity index is 361. The topological polar surface area (TPSA) is 17.1 Å². The predicted molar refractivity (Wildman–Crippen MR) is 70.2 cm³/mol. The Kier molecular flexibility index (Phi) is 5.00. The second-order valence-electron chi connectivity index (χ2n) is 3.68. The van der Waals surface area contributed by atoms with Gasteiger partial charge in [-0.25, -0.2) is 0 Å². The van der Waals surface area contributed by atoms with Gasteiger partial charge >= 0.3 is 0 Å². The van der Waals surface area contributed by atoms with Crippen molar-refractivity contribution in [2.24, 2.45) is 5.92 Å². The number of hydrogen-bond acceptors (Lipinski definition) is 1. The van der Waals surface area contributed by atoms with Gasteiger partial charge < -0.3 is 0 Å². The smallest absolute Gasteiger partial charge is 0.166 e. The molecule has 0 aliphatic rings. The van der Waals surface area contributed by atoms with Crippen LogP contribution in [-0.2, 0) is 0 Å². The third-order valence-electron chi connectivity index (χ3n) is 2.36. The summed E-state index contributed by atoms with van der Waals surface area (Å²) >= 11 is 6.79. The van der Waals surface area contributed by atoms with Gasteiger partial charge in [-0.3, -0.25) is 4.79 Å². The minimum atomic E-state index is 0.0978. The minimum Gasteiger partial charge on any atom is -0.294 e. The van der Waals surface area contributed by atoms with E-state index >= 15 is 0 Å². The van der Waals surface area contributed by atoms with E-state index in [0.717, 1.165) is 27.4 Å². The third kappa shape index (κ3) is 3.42. The Morgan fingerprint density at radius 3 is 2.67 bits per heavy atom. The van der Waals surface area contributed by atoms with Crippen molar-refractivity contribution >= 4 is 37.6 Å². The van der Waals surface area contributed by atoms with Gasteiger partial charge in [0.25, 0.3) is 0 Å². The molecule has 0 aromatic heterocycles. The normalized spacial score (nSPS) is 12.5. The Hall–Kier alpha value is -0.150. The zero-order valence-electron chi connectivity index (χ0n) is 8.89. The molecule has 0 radical (unpaired) electrons. The van der Waals surface area contributed by atoms with E-state index in [-0.39, 0.29) is 11.7 Å². The SMILES string of the molecule is CCCC(C)C(=O)c1cc(Br)ccc1Br. The number of halogens is 2. The molecule has 1 unspecified atom stereocenters. The number of hydrogen-bond donors (Lipinski definition) is 0. The van der Waals surface area contributed by atoms with Crippen molar-refractivity contribution in [3.8, 4) is 0 Å². The highest BCUT2D eigenvalue weighted by Crippen LogP contribution is 2.25. The van der Waals surface area contributed by atoms with E-state index in [0.29, 0.717) is 0 Å². The summed E-state index contributed by atoms with van der Waals surface area (Å²) in [6.45, 7) is 4.08. The second kappa shape index (κ2) is 5.80. The molecule has 1 aromatic rings. The average Bonchev–Trinajstić information content (AvgIpc) is 2.21. The van der Waals surface area contributed by atoms with Crippen LogP contribution in [0.25, 0.3) is 0 Å². The summed E-state index contributed by atoms with van der Waals surface area (Å²) in [5.41, 5.74) is 0.769. The van der Waals surface area contributed by atoms with E-state index in [9.17, 15) is 4.79 Å². The lowest BCUT2D eigenvalue weighted by molar-refractivity contribution is 0.0922. The summed E-state index contributed by atoms with van der Waals surface area (Å²) in [6, 6.07) is 5.69. The molecule has 3 heteroatoms. The highest BCUT2D eigenvalue weighted by Gasteiger charge is 2.16. The predicted octanol–water partition coefficient (Wildman–Crippen LogP) is 4.83. The molecule has 0 saturated heterocycles. The van der Waals surface area contributed by atoms with Gasteiger partial charge in [0.1, 0.15) is 0 Å². The fourth-order valence-corrected chi connectivity index (χ4v) is 2.32. The molecule has 1 aromatic carbocycles. The average molecular weight is 334 g/mol. The molecule has 1 rings (SSSR count).